The molecular formula is C19H17ClN4O3S. The minimum Gasteiger partial charge on any atom is -0.337 e. The zero-order chi connectivity index (χ0) is 19.9. The number of anilines is 1. The number of halogens is 1. The van der Waals surface area contributed by atoms with Crippen molar-refractivity contribution in [2.24, 2.45) is 0 Å². The van der Waals surface area contributed by atoms with Crippen LogP contribution in [-0.2, 0) is 10.0 Å². The van der Waals surface area contributed by atoms with Crippen LogP contribution in [0.25, 0.3) is 10.9 Å². The van der Waals surface area contributed by atoms with Gasteiger partial charge in [-0.1, -0.05) is 35.0 Å². The molecule has 0 radical (unpaired) electrons. The second-order valence-electron chi connectivity index (χ2n) is 6.47. The van der Waals surface area contributed by atoms with Crippen LogP contribution in [-0.4, -0.2) is 29.4 Å². The highest BCUT2D eigenvalue weighted by Gasteiger charge is 2.24. The van der Waals surface area contributed by atoms with Crippen molar-refractivity contribution in [3.63, 3.8) is 0 Å². The lowest BCUT2D eigenvalue weighted by molar-refractivity contribution is 0.352. The number of fused-ring (bicyclic) bond motifs is 1. The quantitative estimate of drug-likeness (QED) is 0.531. The first-order valence-corrected chi connectivity index (χ1v) is 10.7. The first-order valence-electron chi connectivity index (χ1n) is 8.45. The first-order chi connectivity index (χ1) is 13.3. The van der Waals surface area contributed by atoms with Crippen molar-refractivity contribution < 1.29 is 12.9 Å². The zero-order valence-corrected chi connectivity index (χ0v) is 16.7. The van der Waals surface area contributed by atoms with Gasteiger partial charge in [-0.15, -0.1) is 0 Å². The molecule has 1 atom stereocenters. The lowest BCUT2D eigenvalue weighted by Gasteiger charge is -2.17. The summed E-state index contributed by atoms with van der Waals surface area (Å²) in [6.45, 7) is 1.76. The molecule has 28 heavy (non-hydrogen) atoms. The topological polar surface area (TPSA) is 90.0 Å². The number of benzene rings is 2. The molecule has 9 heteroatoms. The number of hydrogen-bond acceptors (Lipinski definition) is 5. The zero-order valence-electron chi connectivity index (χ0n) is 15.1. The molecule has 1 unspecified atom stereocenters. The maximum atomic E-state index is 11.7. The summed E-state index contributed by atoms with van der Waals surface area (Å²) in [5, 5.41) is 5.31. The van der Waals surface area contributed by atoms with Gasteiger partial charge in [0.25, 0.3) is 5.89 Å². The molecule has 0 aliphatic carbocycles. The molecule has 2 aromatic heterocycles. The van der Waals surface area contributed by atoms with Crippen molar-refractivity contribution in [3.8, 4) is 0 Å². The van der Waals surface area contributed by atoms with E-state index in [1.165, 1.54) is 0 Å². The van der Waals surface area contributed by atoms with Gasteiger partial charge in [-0.05, 0) is 42.8 Å². The number of nitrogens with zero attached hydrogens (tertiary/aromatic N) is 3. The summed E-state index contributed by atoms with van der Waals surface area (Å²) < 4.78 is 33.4. The highest BCUT2D eigenvalue weighted by Crippen LogP contribution is 2.33. The van der Waals surface area contributed by atoms with E-state index in [1.807, 2.05) is 35.0 Å². The van der Waals surface area contributed by atoms with Gasteiger partial charge in [0.15, 0.2) is 5.82 Å². The summed E-state index contributed by atoms with van der Waals surface area (Å²) >= 11 is 6.05. The predicted octanol–water partition coefficient (Wildman–Crippen LogP) is 4.00. The lowest BCUT2D eigenvalue weighted by atomic mass is 10.1. The Bertz CT molecular complexity index is 1250. The summed E-state index contributed by atoms with van der Waals surface area (Å²) in [5.74, 6) is 0.962. The maximum Gasteiger partial charge on any atom is 0.254 e. The largest absolute Gasteiger partial charge is 0.337 e. The van der Waals surface area contributed by atoms with Gasteiger partial charge in [-0.2, -0.15) is 4.98 Å². The molecular weight excluding hydrogens is 400 g/mol. The van der Waals surface area contributed by atoms with Crippen LogP contribution in [0.5, 0.6) is 0 Å². The van der Waals surface area contributed by atoms with Crippen LogP contribution in [0.2, 0.25) is 5.02 Å². The van der Waals surface area contributed by atoms with Gasteiger partial charge in [0.2, 0.25) is 10.0 Å². The summed E-state index contributed by atoms with van der Waals surface area (Å²) in [7, 11) is -3.40. The molecule has 4 rings (SSSR count). The second-order valence-corrected chi connectivity index (χ2v) is 8.65. The minimum atomic E-state index is -3.40. The third-order valence-electron chi connectivity index (χ3n) is 4.30. The SMILES string of the molecule is Cc1noc(C(c2ccc(Cl)cc2)n2ccc3c(NS(C)(=O)=O)cccc32)n1. The fourth-order valence-electron chi connectivity index (χ4n) is 3.19. The Morgan fingerprint density at radius 1 is 1.14 bits per heavy atom. The molecule has 7 nitrogen and oxygen atoms in total. The van der Waals surface area contributed by atoms with Gasteiger partial charge in [-0.25, -0.2) is 8.42 Å². The molecule has 0 aliphatic heterocycles. The third kappa shape index (κ3) is 3.61. The molecule has 0 amide bonds. The summed E-state index contributed by atoms with van der Waals surface area (Å²) in [5.41, 5.74) is 2.24. The highest BCUT2D eigenvalue weighted by atomic mass is 35.5. The van der Waals surface area contributed by atoms with Crippen molar-refractivity contribution in [1.82, 2.24) is 14.7 Å². The molecule has 1 N–H and O–H groups in total. The number of hydrogen-bond donors (Lipinski definition) is 1. The van der Waals surface area contributed by atoms with Crippen molar-refractivity contribution in [1.29, 1.82) is 0 Å². The monoisotopic (exact) mass is 416 g/mol. The van der Waals surface area contributed by atoms with E-state index in [0.717, 1.165) is 22.7 Å². The van der Waals surface area contributed by atoms with Crippen molar-refractivity contribution >= 4 is 38.2 Å². The minimum absolute atomic E-state index is 0.385. The van der Waals surface area contributed by atoms with Gasteiger partial charge < -0.3 is 9.09 Å². The number of nitrogens with one attached hydrogen (secondary N) is 1. The number of sulfonamides is 1. The highest BCUT2D eigenvalue weighted by molar-refractivity contribution is 7.92. The van der Waals surface area contributed by atoms with E-state index in [4.69, 9.17) is 16.1 Å². The van der Waals surface area contributed by atoms with E-state index in [0.29, 0.717) is 22.4 Å². The van der Waals surface area contributed by atoms with Gasteiger partial charge in [-0.3, -0.25) is 4.72 Å². The van der Waals surface area contributed by atoms with Crippen molar-refractivity contribution in [2.75, 3.05) is 11.0 Å². The molecule has 144 valence electrons. The molecule has 2 aromatic carbocycles. The summed E-state index contributed by atoms with van der Waals surface area (Å²) in [4.78, 5) is 4.41. The van der Waals surface area contributed by atoms with Crippen LogP contribution in [0.15, 0.2) is 59.3 Å². The van der Waals surface area contributed by atoms with E-state index in [2.05, 4.69) is 14.9 Å². The maximum absolute atomic E-state index is 11.7. The number of rotatable bonds is 5. The smallest absolute Gasteiger partial charge is 0.254 e. The van der Waals surface area contributed by atoms with E-state index in [1.54, 1.807) is 31.2 Å². The van der Waals surface area contributed by atoms with Crippen LogP contribution in [0.1, 0.15) is 23.3 Å². The molecule has 0 saturated heterocycles. The van der Waals surface area contributed by atoms with Gasteiger partial charge in [0.1, 0.15) is 6.04 Å². The van der Waals surface area contributed by atoms with Crippen LogP contribution >= 0.6 is 11.6 Å². The average Bonchev–Trinajstić information content (AvgIpc) is 3.24. The Morgan fingerprint density at radius 2 is 1.89 bits per heavy atom. The molecule has 0 saturated carbocycles. The Hall–Kier alpha value is -2.84. The number of aromatic nitrogens is 3. The Labute approximate surface area is 167 Å². The van der Waals surface area contributed by atoms with Crippen molar-refractivity contribution in [2.45, 2.75) is 13.0 Å². The lowest BCUT2D eigenvalue weighted by Crippen LogP contribution is -2.12. The van der Waals surface area contributed by atoms with Crippen molar-refractivity contribution in [3.05, 3.63) is 77.0 Å². The number of aryl methyl sites for hydroxylation is 1. The average molecular weight is 417 g/mol. The fourth-order valence-corrected chi connectivity index (χ4v) is 3.90. The fraction of sp³-hybridized carbons (Fsp3) is 0.158. The first kappa shape index (κ1) is 18.5. The summed E-state index contributed by atoms with van der Waals surface area (Å²) in [6, 6.07) is 14.3. The molecule has 0 aliphatic rings. The van der Waals surface area contributed by atoms with Crippen LogP contribution in [0.3, 0.4) is 0 Å². The molecule has 0 bridgehead atoms. The van der Waals surface area contributed by atoms with E-state index in [-0.39, 0.29) is 6.04 Å². The Morgan fingerprint density at radius 3 is 2.54 bits per heavy atom. The van der Waals surface area contributed by atoms with E-state index >= 15 is 0 Å². The second kappa shape index (κ2) is 6.96. The Balaban J connectivity index is 1.90. The van der Waals surface area contributed by atoms with Gasteiger partial charge >= 0.3 is 0 Å². The molecule has 2 heterocycles. The van der Waals surface area contributed by atoms with Crippen LogP contribution < -0.4 is 4.72 Å². The standard InChI is InChI=1S/C19H17ClN4O3S/c1-12-21-19(27-22-12)18(13-6-8-14(20)9-7-13)24-11-10-15-16(23-28(2,25)26)4-3-5-17(15)24/h3-11,18,23H,1-2H3. The normalized spacial score (nSPS) is 13.0. The third-order valence-corrected chi connectivity index (χ3v) is 5.14. The Kier molecular flexibility index (Phi) is 4.60. The predicted molar refractivity (Wildman–Crippen MR) is 108 cm³/mol. The van der Waals surface area contributed by atoms with Crippen LogP contribution in [0, 0.1) is 6.92 Å². The van der Waals surface area contributed by atoms with Gasteiger partial charge in [0, 0.05) is 16.6 Å². The summed E-state index contributed by atoms with van der Waals surface area (Å²) in [6.07, 6.45) is 3.00. The molecule has 0 fully saturated rings. The van der Waals surface area contributed by atoms with E-state index < -0.39 is 10.0 Å². The molecule has 0 spiro atoms. The molecule has 4 aromatic rings. The van der Waals surface area contributed by atoms with E-state index in [9.17, 15) is 8.42 Å². The van der Waals surface area contributed by atoms with Crippen LogP contribution in [0.4, 0.5) is 5.69 Å². The van der Waals surface area contributed by atoms with Gasteiger partial charge in [0.05, 0.1) is 17.5 Å².